The van der Waals surface area contributed by atoms with Crippen LogP contribution in [0, 0.1) is 6.92 Å². The van der Waals surface area contributed by atoms with E-state index in [4.69, 9.17) is 0 Å². The van der Waals surface area contributed by atoms with Crippen molar-refractivity contribution in [1.29, 1.82) is 0 Å². The molecule has 0 fully saturated rings. The molecule has 0 saturated carbocycles. The van der Waals surface area contributed by atoms with Crippen molar-refractivity contribution in [1.82, 2.24) is 20.1 Å². The first-order chi connectivity index (χ1) is 7.69. The maximum absolute atomic E-state index is 4.16. The summed E-state index contributed by atoms with van der Waals surface area (Å²) < 4.78 is 2.04. The molecule has 0 amide bonds. The predicted molar refractivity (Wildman–Crippen MR) is 68.8 cm³/mol. The summed E-state index contributed by atoms with van der Waals surface area (Å²) in [5.74, 6) is 2.03. The Morgan fingerprint density at radius 2 is 2.12 bits per heavy atom. The highest BCUT2D eigenvalue weighted by molar-refractivity contribution is 7.99. The van der Waals surface area contributed by atoms with Gasteiger partial charge in [-0.2, -0.15) is 0 Å². The van der Waals surface area contributed by atoms with E-state index in [0.717, 1.165) is 23.3 Å². The lowest BCUT2D eigenvalue weighted by molar-refractivity contribution is 0.530. The van der Waals surface area contributed by atoms with Crippen LogP contribution in [0.25, 0.3) is 0 Å². The van der Waals surface area contributed by atoms with Gasteiger partial charge in [0.15, 0.2) is 5.16 Å². The van der Waals surface area contributed by atoms with Crippen LogP contribution in [0.1, 0.15) is 32.5 Å². The van der Waals surface area contributed by atoms with Crippen LogP contribution >= 0.6 is 11.8 Å². The molecule has 16 heavy (non-hydrogen) atoms. The summed E-state index contributed by atoms with van der Waals surface area (Å²) in [6.45, 7) is 7.38. The monoisotopic (exact) mass is 242 g/mol. The Morgan fingerprint density at radius 3 is 2.62 bits per heavy atom. The third kappa shape index (κ3) is 3.79. The average molecular weight is 242 g/mol. The number of hydrogen-bond donors (Lipinski definition) is 1. The predicted octanol–water partition coefficient (Wildman–Crippen LogP) is 1.99. The van der Waals surface area contributed by atoms with Crippen molar-refractivity contribution < 1.29 is 0 Å². The van der Waals surface area contributed by atoms with Gasteiger partial charge in [-0.1, -0.05) is 32.0 Å². The van der Waals surface area contributed by atoms with Crippen LogP contribution in [0.4, 0.5) is 0 Å². The zero-order chi connectivity index (χ0) is 12.0. The minimum Gasteiger partial charge on any atom is -0.313 e. The molecule has 4 nitrogen and oxygen atoms in total. The Hall–Kier alpha value is -0.550. The molecule has 1 unspecified atom stereocenters. The van der Waals surface area contributed by atoms with Gasteiger partial charge < -0.3 is 9.88 Å². The molecule has 1 aromatic rings. The number of nitrogens with one attached hydrogen (secondary N) is 1. The lowest BCUT2D eigenvalue weighted by Crippen LogP contribution is -2.31. The highest BCUT2D eigenvalue weighted by Gasteiger charge is 2.10. The normalized spacial score (nSPS) is 13.0. The fourth-order valence-electron chi connectivity index (χ4n) is 1.57. The van der Waals surface area contributed by atoms with Crippen LogP contribution in [0.2, 0.25) is 0 Å². The van der Waals surface area contributed by atoms with Gasteiger partial charge in [-0.15, -0.1) is 10.2 Å². The summed E-state index contributed by atoms with van der Waals surface area (Å²) in [5, 5.41) is 12.7. The second-order valence-electron chi connectivity index (χ2n) is 3.94. The van der Waals surface area contributed by atoms with Gasteiger partial charge in [0.1, 0.15) is 5.82 Å². The Kier molecular flexibility index (Phi) is 5.84. The third-order valence-electron chi connectivity index (χ3n) is 2.60. The highest BCUT2D eigenvalue weighted by atomic mass is 32.2. The van der Waals surface area contributed by atoms with E-state index >= 15 is 0 Å². The molecule has 0 radical (unpaired) electrons. The van der Waals surface area contributed by atoms with E-state index < -0.39 is 0 Å². The highest BCUT2D eigenvalue weighted by Crippen LogP contribution is 2.17. The van der Waals surface area contributed by atoms with E-state index in [1.165, 1.54) is 12.8 Å². The molecular weight excluding hydrogens is 220 g/mol. The van der Waals surface area contributed by atoms with Gasteiger partial charge in [-0.3, -0.25) is 0 Å². The zero-order valence-corrected chi connectivity index (χ0v) is 11.5. The second kappa shape index (κ2) is 6.91. The largest absolute Gasteiger partial charge is 0.313 e. The van der Waals surface area contributed by atoms with E-state index in [9.17, 15) is 0 Å². The number of rotatable bonds is 7. The Morgan fingerprint density at radius 1 is 1.38 bits per heavy atom. The number of thioether (sulfide) groups is 1. The van der Waals surface area contributed by atoms with Crippen LogP contribution in [0.3, 0.4) is 0 Å². The molecule has 0 spiro atoms. The summed E-state index contributed by atoms with van der Waals surface area (Å²) in [4.78, 5) is 0. The topological polar surface area (TPSA) is 42.7 Å². The van der Waals surface area contributed by atoms with E-state index in [2.05, 4.69) is 29.4 Å². The molecule has 1 aromatic heterocycles. The van der Waals surface area contributed by atoms with Crippen LogP contribution < -0.4 is 5.32 Å². The summed E-state index contributed by atoms with van der Waals surface area (Å²) in [7, 11) is 2.01. The molecule has 1 N–H and O–H groups in total. The third-order valence-corrected chi connectivity index (χ3v) is 3.78. The lowest BCUT2D eigenvalue weighted by atomic mass is 10.2. The molecule has 1 heterocycles. The SMILES string of the molecule is CCCC(CSc1nnc(C)n1C)NCC. The fraction of sp³-hybridized carbons (Fsp3) is 0.818. The molecule has 0 aromatic carbocycles. The molecule has 1 rings (SSSR count). The first kappa shape index (κ1) is 13.5. The summed E-state index contributed by atoms with van der Waals surface area (Å²) in [6, 6.07) is 0.581. The maximum Gasteiger partial charge on any atom is 0.190 e. The fourth-order valence-corrected chi connectivity index (χ4v) is 2.63. The van der Waals surface area contributed by atoms with Gasteiger partial charge in [-0.05, 0) is 19.9 Å². The Bertz CT molecular complexity index is 305. The van der Waals surface area contributed by atoms with Gasteiger partial charge >= 0.3 is 0 Å². The van der Waals surface area contributed by atoms with Crippen LogP contribution in [0.5, 0.6) is 0 Å². The van der Waals surface area contributed by atoms with E-state index in [-0.39, 0.29) is 0 Å². The summed E-state index contributed by atoms with van der Waals surface area (Å²) >= 11 is 1.78. The quantitative estimate of drug-likeness (QED) is 0.743. The van der Waals surface area contributed by atoms with E-state index in [1.54, 1.807) is 11.8 Å². The van der Waals surface area contributed by atoms with Crippen molar-refractivity contribution in [2.75, 3.05) is 12.3 Å². The standard InChI is InChI=1S/C11H22N4S/c1-5-7-10(12-6-2)8-16-11-14-13-9(3)15(11)4/h10,12H,5-8H2,1-4H3. The van der Waals surface area contributed by atoms with E-state index in [1.807, 2.05) is 18.5 Å². The molecule has 0 aliphatic heterocycles. The van der Waals surface area contributed by atoms with E-state index in [0.29, 0.717) is 6.04 Å². The molecule has 5 heteroatoms. The van der Waals surface area contributed by atoms with Crippen molar-refractivity contribution >= 4 is 11.8 Å². The molecular formula is C11H22N4S. The lowest BCUT2D eigenvalue weighted by Gasteiger charge is -2.15. The van der Waals surface area contributed by atoms with Crippen LogP contribution in [0.15, 0.2) is 5.16 Å². The first-order valence-electron chi connectivity index (χ1n) is 5.91. The van der Waals surface area contributed by atoms with Crippen molar-refractivity contribution in [2.24, 2.45) is 7.05 Å². The molecule has 0 aliphatic rings. The average Bonchev–Trinajstić information content (AvgIpc) is 2.58. The maximum atomic E-state index is 4.16. The number of aromatic nitrogens is 3. The van der Waals surface area contributed by atoms with Gasteiger partial charge in [0.2, 0.25) is 0 Å². The van der Waals surface area contributed by atoms with Gasteiger partial charge in [0.25, 0.3) is 0 Å². The van der Waals surface area contributed by atoms with Crippen LogP contribution in [-0.4, -0.2) is 33.1 Å². The van der Waals surface area contributed by atoms with Gasteiger partial charge in [-0.25, -0.2) is 0 Å². The molecule has 0 aliphatic carbocycles. The van der Waals surface area contributed by atoms with Crippen molar-refractivity contribution in [3.8, 4) is 0 Å². The Balaban J connectivity index is 2.45. The van der Waals surface area contributed by atoms with Crippen molar-refractivity contribution in [2.45, 2.75) is 44.8 Å². The minimum atomic E-state index is 0.581. The molecule has 0 saturated heterocycles. The zero-order valence-electron chi connectivity index (χ0n) is 10.7. The minimum absolute atomic E-state index is 0.581. The number of hydrogen-bond acceptors (Lipinski definition) is 4. The molecule has 0 bridgehead atoms. The van der Waals surface area contributed by atoms with Crippen molar-refractivity contribution in [3.05, 3.63) is 5.82 Å². The van der Waals surface area contributed by atoms with Gasteiger partial charge in [0, 0.05) is 18.8 Å². The Labute approximate surface area is 102 Å². The number of aryl methyl sites for hydroxylation is 1. The van der Waals surface area contributed by atoms with Crippen molar-refractivity contribution in [3.63, 3.8) is 0 Å². The smallest absolute Gasteiger partial charge is 0.190 e. The van der Waals surface area contributed by atoms with Gasteiger partial charge in [0.05, 0.1) is 0 Å². The number of nitrogens with zero attached hydrogens (tertiary/aromatic N) is 3. The van der Waals surface area contributed by atoms with Crippen LogP contribution in [-0.2, 0) is 7.05 Å². The molecule has 1 atom stereocenters. The summed E-state index contributed by atoms with van der Waals surface area (Å²) in [5.41, 5.74) is 0. The molecule has 92 valence electrons. The second-order valence-corrected chi connectivity index (χ2v) is 4.93. The summed E-state index contributed by atoms with van der Waals surface area (Å²) in [6.07, 6.45) is 2.44. The first-order valence-corrected chi connectivity index (χ1v) is 6.89.